The molecule has 21 heavy (non-hydrogen) atoms. The minimum Gasteiger partial charge on any atom is -0.488 e. The maximum Gasteiger partial charge on any atom is 0.269 e. The molecule has 104 valence electrons. The van der Waals surface area contributed by atoms with Crippen LogP contribution in [0.25, 0.3) is 21.9 Å². The summed E-state index contributed by atoms with van der Waals surface area (Å²) in [7, 11) is 0. The SMILES string of the molecule is CC[n+]1c(C2=Cc3ccccc3OC2)sc2ccccc21. The number of fused-ring (bicyclic) bond motifs is 2. The number of ether oxygens (including phenoxy) is 1. The molecule has 3 heteroatoms. The molecule has 0 saturated heterocycles. The number of para-hydroxylation sites is 2. The molecular formula is C18H16NOS+. The van der Waals surface area contributed by atoms with Crippen LogP contribution in [0, 0.1) is 0 Å². The van der Waals surface area contributed by atoms with Gasteiger partial charge < -0.3 is 4.74 Å². The van der Waals surface area contributed by atoms with E-state index in [-0.39, 0.29) is 0 Å². The molecule has 1 aromatic heterocycles. The van der Waals surface area contributed by atoms with E-state index in [0.717, 1.165) is 12.3 Å². The van der Waals surface area contributed by atoms with Gasteiger partial charge in [-0.1, -0.05) is 41.7 Å². The monoisotopic (exact) mass is 294 g/mol. The van der Waals surface area contributed by atoms with E-state index in [2.05, 4.69) is 54.0 Å². The first kappa shape index (κ1) is 12.6. The Balaban J connectivity index is 1.90. The maximum atomic E-state index is 5.91. The second-order valence-electron chi connectivity index (χ2n) is 5.12. The fourth-order valence-corrected chi connectivity index (χ4v) is 4.05. The van der Waals surface area contributed by atoms with Gasteiger partial charge in [-0.3, -0.25) is 0 Å². The smallest absolute Gasteiger partial charge is 0.269 e. The normalized spacial score (nSPS) is 13.7. The topological polar surface area (TPSA) is 13.1 Å². The van der Waals surface area contributed by atoms with Crippen molar-refractivity contribution >= 4 is 33.2 Å². The van der Waals surface area contributed by atoms with Crippen LogP contribution in [-0.2, 0) is 6.54 Å². The van der Waals surface area contributed by atoms with Gasteiger partial charge in [-0.2, -0.15) is 4.57 Å². The highest BCUT2D eigenvalue weighted by molar-refractivity contribution is 7.19. The fraction of sp³-hybridized carbons (Fsp3) is 0.167. The van der Waals surface area contributed by atoms with Crippen molar-refractivity contribution in [2.24, 2.45) is 0 Å². The van der Waals surface area contributed by atoms with Crippen LogP contribution in [0.5, 0.6) is 5.75 Å². The number of hydrogen-bond acceptors (Lipinski definition) is 2. The van der Waals surface area contributed by atoms with Crippen LogP contribution >= 0.6 is 11.3 Å². The predicted molar refractivity (Wildman–Crippen MR) is 87.5 cm³/mol. The molecular weight excluding hydrogens is 278 g/mol. The highest BCUT2D eigenvalue weighted by atomic mass is 32.1. The number of hydrogen-bond donors (Lipinski definition) is 0. The number of aryl methyl sites for hydroxylation is 1. The predicted octanol–water partition coefficient (Wildman–Crippen LogP) is 4.14. The van der Waals surface area contributed by atoms with Crippen LogP contribution in [-0.4, -0.2) is 6.61 Å². The summed E-state index contributed by atoms with van der Waals surface area (Å²) in [6.07, 6.45) is 2.26. The molecule has 0 N–H and O–H groups in total. The molecule has 3 aromatic rings. The van der Waals surface area contributed by atoms with Crippen molar-refractivity contribution in [2.45, 2.75) is 13.5 Å². The van der Waals surface area contributed by atoms with Crippen LogP contribution < -0.4 is 9.30 Å². The van der Waals surface area contributed by atoms with Crippen molar-refractivity contribution in [2.75, 3.05) is 6.61 Å². The zero-order chi connectivity index (χ0) is 14.2. The molecule has 0 bridgehead atoms. The molecule has 1 aliphatic rings. The molecule has 0 radical (unpaired) electrons. The van der Waals surface area contributed by atoms with Gasteiger partial charge in [-0.05, 0) is 25.1 Å². The molecule has 0 amide bonds. The van der Waals surface area contributed by atoms with Gasteiger partial charge in [0.05, 0.1) is 5.57 Å². The van der Waals surface area contributed by atoms with Crippen molar-refractivity contribution in [3.63, 3.8) is 0 Å². The van der Waals surface area contributed by atoms with E-state index in [1.807, 2.05) is 23.5 Å². The molecule has 0 fully saturated rings. The summed E-state index contributed by atoms with van der Waals surface area (Å²) in [5.41, 5.74) is 3.73. The van der Waals surface area contributed by atoms with Crippen molar-refractivity contribution in [1.29, 1.82) is 0 Å². The highest BCUT2D eigenvalue weighted by Crippen LogP contribution is 2.32. The van der Waals surface area contributed by atoms with E-state index in [1.165, 1.54) is 26.4 Å². The Bertz CT molecular complexity index is 847. The molecule has 0 saturated carbocycles. The van der Waals surface area contributed by atoms with E-state index >= 15 is 0 Å². The molecule has 4 rings (SSSR count). The van der Waals surface area contributed by atoms with E-state index in [4.69, 9.17) is 4.74 Å². The standard InChI is InChI=1S/C18H16NOS/c1-2-19-15-8-4-6-10-17(15)21-18(19)14-11-13-7-3-5-9-16(13)20-12-14/h3-11H,2,12H2,1H3/q+1. The average Bonchev–Trinajstić information content (AvgIpc) is 2.93. The third kappa shape index (κ3) is 2.05. The lowest BCUT2D eigenvalue weighted by molar-refractivity contribution is -0.665. The van der Waals surface area contributed by atoms with Gasteiger partial charge in [0.1, 0.15) is 23.6 Å². The minimum absolute atomic E-state index is 0.643. The molecule has 0 aliphatic carbocycles. The summed E-state index contributed by atoms with van der Waals surface area (Å²) in [4.78, 5) is 0. The van der Waals surface area contributed by atoms with Crippen molar-refractivity contribution in [3.05, 3.63) is 59.1 Å². The number of aromatic nitrogens is 1. The summed E-state index contributed by atoms with van der Waals surface area (Å²) < 4.78 is 9.62. The largest absolute Gasteiger partial charge is 0.488 e. The van der Waals surface area contributed by atoms with Crippen LogP contribution in [0.15, 0.2) is 48.5 Å². The molecule has 0 atom stereocenters. The van der Waals surface area contributed by atoms with Crippen LogP contribution in [0.2, 0.25) is 0 Å². The lowest BCUT2D eigenvalue weighted by Gasteiger charge is -2.15. The third-order valence-corrected chi connectivity index (χ3v) is 5.07. The Morgan fingerprint density at radius 1 is 1.10 bits per heavy atom. The zero-order valence-electron chi connectivity index (χ0n) is 11.9. The van der Waals surface area contributed by atoms with E-state index in [9.17, 15) is 0 Å². The first-order valence-electron chi connectivity index (χ1n) is 7.21. The quantitative estimate of drug-likeness (QED) is 0.647. The zero-order valence-corrected chi connectivity index (χ0v) is 12.7. The van der Waals surface area contributed by atoms with Crippen molar-refractivity contribution in [3.8, 4) is 5.75 Å². The summed E-state index contributed by atoms with van der Waals surface area (Å²) in [6.45, 7) is 3.81. The van der Waals surface area contributed by atoms with E-state index in [0.29, 0.717) is 6.61 Å². The summed E-state index contributed by atoms with van der Waals surface area (Å²) in [6, 6.07) is 16.8. The van der Waals surface area contributed by atoms with Gasteiger partial charge in [0, 0.05) is 11.6 Å². The van der Waals surface area contributed by atoms with Crippen LogP contribution in [0.3, 0.4) is 0 Å². The first-order chi connectivity index (χ1) is 10.4. The number of benzene rings is 2. The van der Waals surface area contributed by atoms with E-state index in [1.54, 1.807) is 0 Å². The van der Waals surface area contributed by atoms with Crippen LogP contribution in [0.1, 0.15) is 17.5 Å². The molecule has 2 heterocycles. The Hall–Kier alpha value is -2.13. The average molecular weight is 294 g/mol. The Labute approximate surface area is 127 Å². The van der Waals surface area contributed by atoms with Crippen LogP contribution in [0.4, 0.5) is 0 Å². The van der Waals surface area contributed by atoms with Gasteiger partial charge in [0.2, 0.25) is 5.52 Å². The lowest BCUT2D eigenvalue weighted by atomic mass is 10.1. The summed E-state index contributed by atoms with van der Waals surface area (Å²) in [5.74, 6) is 0.977. The summed E-state index contributed by atoms with van der Waals surface area (Å²) >= 11 is 1.84. The van der Waals surface area contributed by atoms with Crippen molar-refractivity contribution < 1.29 is 9.30 Å². The Morgan fingerprint density at radius 2 is 1.90 bits per heavy atom. The molecule has 0 unspecified atom stereocenters. The lowest BCUT2D eigenvalue weighted by Crippen LogP contribution is -2.35. The number of nitrogens with zero attached hydrogens (tertiary/aromatic N) is 1. The molecule has 0 spiro atoms. The molecule has 1 aliphatic heterocycles. The van der Waals surface area contributed by atoms with Gasteiger partial charge >= 0.3 is 0 Å². The fourth-order valence-electron chi connectivity index (χ4n) is 2.83. The second kappa shape index (κ2) is 5.01. The summed E-state index contributed by atoms with van der Waals surface area (Å²) in [5, 5.41) is 1.30. The number of thiazole rings is 1. The first-order valence-corrected chi connectivity index (χ1v) is 8.02. The Morgan fingerprint density at radius 3 is 2.81 bits per heavy atom. The number of rotatable bonds is 2. The van der Waals surface area contributed by atoms with Gasteiger partial charge in [-0.25, -0.2) is 0 Å². The third-order valence-electron chi connectivity index (χ3n) is 3.83. The maximum absolute atomic E-state index is 5.91. The highest BCUT2D eigenvalue weighted by Gasteiger charge is 2.25. The van der Waals surface area contributed by atoms with Gasteiger partial charge in [0.25, 0.3) is 5.01 Å². The minimum atomic E-state index is 0.643. The van der Waals surface area contributed by atoms with E-state index < -0.39 is 0 Å². The van der Waals surface area contributed by atoms with Crippen molar-refractivity contribution in [1.82, 2.24) is 0 Å². The second-order valence-corrected chi connectivity index (χ2v) is 6.15. The molecule has 2 aromatic carbocycles. The molecule has 2 nitrogen and oxygen atoms in total. The van der Waals surface area contributed by atoms with Gasteiger partial charge in [0.15, 0.2) is 0 Å². The van der Waals surface area contributed by atoms with Gasteiger partial charge in [-0.15, -0.1) is 0 Å². The Kier molecular flexibility index (Phi) is 3.00.